The number of hydrogen-bond acceptors (Lipinski definition) is 4. The summed E-state index contributed by atoms with van der Waals surface area (Å²) in [5.41, 5.74) is 0. The van der Waals surface area contributed by atoms with Crippen LogP contribution in [0.5, 0.6) is 0 Å². The monoisotopic (exact) mass is 258 g/mol. The predicted molar refractivity (Wildman–Crippen MR) is 64.0 cm³/mol. The Morgan fingerprint density at radius 1 is 1.53 bits per heavy atom. The highest BCUT2D eigenvalue weighted by Crippen LogP contribution is 2.25. The Kier molecular flexibility index (Phi) is 3.56. The molecule has 6 heteroatoms. The standard InChI is InChI=1S/C11H18N2O3S/c1-9-5-6-13(8-9)17(14,15)11-4-3-10(16-11)7-12-2/h3-4,9,12H,5-8H2,1-2H3. The van der Waals surface area contributed by atoms with Crippen molar-refractivity contribution < 1.29 is 12.8 Å². The first kappa shape index (κ1) is 12.6. The zero-order chi connectivity index (χ0) is 12.5. The summed E-state index contributed by atoms with van der Waals surface area (Å²) < 4.78 is 31.3. The summed E-state index contributed by atoms with van der Waals surface area (Å²) in [6.45, 7) is 3.77. The summed E-state index contributed by atoms with van der Waals surface area (Å²) in [7, 11) is -1.64. The van der Waals surface area contributed by atoms with E-state index in [1.807, 2.05) is 0 Å². The van der Waals surface area contributed by atoms with Gasteiger partial charge in [-0.05, 0) is 31.5 Å². The number of sulfonamides is 1. The Balaban J connectivity index is 2.19. The predicted octanol–water partition coefficient (Wildman–Crippen LogP) is 1.03. The van der Waals surface area contributed by atoms with Gasteiger partial charge >= 0.3 is 0 Å². The number of nitrogens with zero attached hydrogens (tertiary/aromatic N) is 1. The Hall–Kier alpha value is -0.850. The summed E-state index contributed by atoms with van der Waals surface area (Å²) in [6.07, 6.45) is 0.920. The minimum absolute atomic E-state index is 0.0526. The van der Waals surface area contributed by atoms with Gasteiger partial charge < -0.3 is 9.73 Å². The third-order valence-electron chi connectivity index (χ3n) is 2.97. The quantitative estimate of drug-likeness (QED) is 0.876. The summed E-state index contributed by atoms with van der Waals surface area (Å²) in [4.78, 5) is 0. The molecule has 96 valence electrons. The van der Waals surface area contributed by atoms with Gasteiger partial charge in [0.25, 0.3) is 10.0 Å². The van der Waals surface area contributed by atoms with Crippen molar-refractivity contribution in [2.75, 3.05) is 20.1 Å². The molecule has 0 spiro atoms. The van der Waals surface area contributed by atoms with Crippen molar-refractivity contribution in [2.45, 2.75) is 25.0 Å². The van der Waals surface area contributed by atoms with Crippen LogP contribution in [0.25, 0.3) is 0 Å². The third-order valence-corrected chi connectivity index (χ3v) is 4.71. The van der Waals surface area contributed by atoms with E-state index >= 15 is 0 Å². The van der Waals surface area contributed by atoms with E-state index in [-0.39, 0.29) is 5.09 Å². The molecular formula is C11H18N2O3S. The molecule has 5 nitrogen and oxygen atoms in total. The van der Waals surface area contributed by atoms with Crippen LogP contribution in [0.3, 0.4) is 0 Å². The van der Waals surface area contributed by atoms with Crippen molar-refractivity contribution >= 4 is 10.0 Å². The molecule has 1 atom stereocenters. The maximum absolute atomic E-state index is 12.2. The van der Waals surface area contributed by atoms with Crippen LogP contribution < -0.4 is 5.32 Å². The van der Waals surface area contributed by atoms with E-state index in [2.05, 4.69) is 12.2 Å². The van der Waals surface area contributed by atoms with E-state index in [0.717, 1.165) is 6.42 Å². The van der Waals surface area contributed by atoms with E-state index in [9.17, 15) is 8.42 Å². The van der Waals surface area contributed by atoms with E-state index < -0.39 is 10.0 Å². The molecule has 0 aliphatic carbocycles. The molecule has 1 unspecified atom stereocenters. The van der Waals surface area contributed by atoms with Gasteiger partial charge in [0, 0.05) is 13.1 Å². The van der Waals surface area contributed by atoms with E-state index in [1.165, 1.54) is 10.4 Å². The average Bonchev–Trinajstić information content (AvgIpc) is 2.88. The van der Waals surface area contributed by atoms with Crippen molar-refractivity contribution in [1.29, 1.82) is 0 Å². The van der Waals surface area contributed by atoms with Gasteiger partial charge in [-0.3, -0.25) is 0 Å². The molecule has 0 amide bonds. The van der Waals surface area contributed by atoms with Gasteiger partial charge in [0.15, 0.2) is 0 Å². The van der Waals surface area contributed by atoms with Gasteiger partial charge in [-0.2, -0.15) is 4.31 Å². The third kappa shape index (κ3) is 2.53. The molecule has 0 saturated carbocycles. The van der Waals surface area contributed by atoms with Gasteiger partial charge in [0.05, 0.1) is 6.54 Å². The highest BCUT2D eigenvalue weighted by Gasteiger charge is 2.32. The van der Waals surface area contributed by atoms with Gasteiger partial charge in [0.1, 0.15) is 5.76 Å². The molecule has 0 radical (unpaired) electrons. The second kappa shape index (κ2) is 4.80. The molecule has 17 heavy (non-hydrogen) atoms. The van der Waals surface area contributed by atoms with Crippen molar-refractivity contribution in [1.82, 2.24) is 9.62 Å². The number of hydrogen-bond donors (Lipinski definition) is 1. The first-order valence-corrected chi connectivity index (χ1v) is 7.21. The second-order valence-electron chi connectivity index (χ2n) is 4.51. The zero-order valence-electron chi connectivity index (χ0n) is 10.1. The molecule has 0 bridgehead atoms. The van der Waals surface area contributed by atoms with Crippen LogP contribution in [-0.4, -0.2) is 32.9 Å². The topological polar surface area (TPSA) is 62.6 Å². The fourth-order valence-electron chi connectivity index (χ4n) is 2.01. The van der Waals surface area contributed by atoms with Gasteiger partial charge in [-0.15, -0.1) is 0 Å². The molecule has 2 heterocycles. The summed E-state index contributed by atoms with van der Waals surface area (Å²) in [6, 6.07) is 3.23. The van der Waals surface area contributed by atoms with Gasteiger partial charge in [-0.25, -0.2) is 8.42 Å². The highest BCUT2D eigenvalue weighted by atomic mass is 32.2. The first-order valence-electron chi connectivity index (χ1n) is 5.77. The van der Waals surface area contributed by atoms with Crippen LogP contribution in [0.4, 0.5) is 0 Å². The van der Waals surface area contributed by atoms with E-state index in [0.29, 0.717) is 31.3 Å². The summed E-state index contributed by atoms with van der Waals surface area (Å²) in [5.74, 6) is 1.06. The normalized spacial score (nSPS) is 22.1. The molecule has 0 aromatic carbocycles. The molecule has 1 fully saturated rings. The van der Waals surface area contributed by atoms with Gasteiger partial charge in [-0.1, -0.05) is 6.92 Å². The number of furan rings is 1. The maximum Gasteiger partial charge on any atom is 0.276 e. The molecular weight excluding hydrogens is 240 g/mol. The fraction of sp³-hybridized carbons (Fsp3) is 0.636. The van der Waals surface area contributed by atoms with Crippen LogP contribution in [0.1, 0.15) is 19.1 Å². The Labute approximate surface area is 102 Å². The lowest BCUT2D eigenvalue weighted by Crippen LogP contribution is -2.28. The lowest BCUT2D eigenvalue weighted by atomic mass is 10.2. The number of rotatable bonds is 4. The molecule has 1 N–H and O–H groups in total. The molecule has 1 aromatic rings. The number of nitrogens with one attached hydrogen (secondary N) is 1. The summed E-state index contributed by atoms with van der Waals surface area (Å²) >= 11 is 0. The second-order valence-corrected chi connectivity index (χ2v) is 6.38. The first-order chi connectivity index (χ1) is 8.04. The Bertz CT molecular complexity index is 481. The Morgan fingerprint density at radius 2 is 2.29 bits per heavy atom. The van der Waals surface area contributed by atoms with Crippen molar-refractivity contribution in [2.24, 2.45) is 5.92 Å². The van der Waals surface area contributed by atoms with Crippen LogP contribution in [0.2, 0.25) is 0 Å². The lowest BCUT2D eigenvalue weighted by molar-refractivity contribution is 0.382. The zero-order valence-corrected chi connectivity index (χ0v) is 11.0. The SMILES string of the molecule is CNCc1ccc(S(=O)(=O)N2CCC(C)C2)o1. The van der Waals surface area contributed by atoms with E-state index in [4.69, 9.17) is 4.42 Å². The average molecular weight is 258 g/mol. The van der Waals surface area contributed by atoms with Crippen molar-refractivity contribution in [3.8, 4) is 0 Å². The fourth-order valence-corrected chi connectivity index (χ4v) is 3.51. The van der Waals surface area contributed by atoms with Crippen LogP contribution in [0.15, 0.2) is 21.6 Å². The van der Waals surface area contributed by atoms with E-state index in [1.54, 1.807) is 13.1 Å². The molecule has 1 aromatic heterocycles. The van der Waals surface area contributed by atoms with Crippen LogP contribution in [0, 0.1) is 5.92 Å². The summed E-state index contributed by atoms with van der Waals surface area (Å²) in [5, 5.41) is 2.98. The molecule has 1 aliphatic heterocycles. The van der Waals surface area contributed by atoms with Crippen LogP contribution in [-0.2, 0) is 16.6 Å². The van der Waals surface area contributed by atoms with Crippen molar-refractivity contribution in [3.05, 3.63) is 17.9 Å². The largest absolute Gasteiger partial charge is 0.447 e. The minimum Gasteiger partial charge on any atom is -0.447 e. The molecule has 1 saturated heterocycles. The lowest BCUT2D eigenvalue weighted by Gasteiger charge is -2.13. The Morgan fingerprint density at radius 3 is 2.88 bits per heavy atom. The smallest absolute Gasteiger partial charge is 0.276 e. The van der Waals surface area contributed by atoms with Crippen LogP contribution >= 0.6 is 0 Å². The highest BCUT2D eigenvalue weighted by molar-refractivity contribution is 7.89. The minimum atomic E-state index is -3.43. The maximum atomic E-state index is 12.2. The molecule has 1 aliphatic rings. The van der Waals surface area contributed by atoms with Crippen molar-refractivity contribution in [3.63, 3.8) is 0 Å². The van der Waals surface area contributed by atoms with Gasteiger partial charge in [0.2, 0.25) is 5.09 Å². The molecule has 2 rings (SSSR count).